The molecule has 0 atom stereocenters. The summed E-state index contributed by atoms with van der Waals surface area (Å²) in [5.74, 6) is -1.25. The quantitative estimate of drug-likeness (QED) is 0.786. The molecule has 0 aromatic heterocycles. The van der Waals surface area contributed by atoms with E-state index in [9.17, 15) is 18.0 Å². The molecule has 1 amide bonds. The number of rotatable bonds is 6. The van der Waals surface area contributed by atoms with Gasteiger partial charge in [-0.2, -0.15) is 0 Å². The first-order valence-corrected chi connectivity index (χ1v) is 10.1. The van der Waals surface area contributed by atoms with Crippen molar-refractivity contribution < 1.29 is 23.1 Å². The van der Waals surface area contributed by atoms with Gasteiger partial charge in [-0.05, 0) is 41.8 Å². The zero-order chi connectivity index (χ0) is 19.6. The Balaban J connectivity index is 1.93. The number of nitrogens with zero attached hydrogens (tertiary/aromatic N) is 1. The highest BCUT2D eigenvalue weighted by Crippen LogP contribution is 2.31. The van der Waals surface area contributed by atoms with Crippen LogP contribution in [-0.4, -0.2) is 38.5 Å². The molecule has 27 heavy (non-hydrogen) atoms. The second-order valence-electron chi connectivity index (χ2n) is 6.27. The third-order valence-corrected chi connectivity index (χ3v) is 5.91. The zero-order valence-electron chi connectivity index (χ0n) is 14.8. The molecule has 0 fully saturated rings. The first-order chi connectivity index (χ1) is 12.8. The third kappa shape index (κ3) is 4.01. The number of aliphatic carboxylic acids is 1. The summed E-state index contributed by atoms with van der Waals surface area (Å²) in [6.07, 6.45) is 0.472. The van der Waals surface area contributed by atoms with Gasteiger partial charge in [-0.1, -0.05) is 25.1 Å². The number of carboxylic acid groups (broad SMARTS) is 1. The molecule has 1 aliphatic rings. The Kier molecular flexibility index (Phi) is 5.29. The van der Waals surface area contributed by atoms with E-state index in [1.165, 1.54) is 12.1 Å². The smallest absolute Gasteiger partial charge is 0.307 e. The fourth-order valence-corrected chi connectivity index (χ4v) is 4.22. The summed E-state index contributed by atoms with van der Waals surface area (Å²) in [6.45, 7) is 2.42. The molecule has 3 rings (SSSR count). The molecule has 1 heterocycles. The van der Waals surface area contributed by atoms with Gasteiger partial charge in [-0.3, -0.25) is 9.59 Å². The van der Waals surface area contributed by atoms with Crippen molar-refractivity contribution in [2.45, 2.75) is 24.7 Å². The Morgan fingerprint density at radius 3 is 2.67 bits per heavy atom. The fourth-order valence-electron chi connectivity index (χ4n) is 3.16. The monoisotopic (exact) mass is 388 g/mol. The second kappa shape index (κ2) is 7.50. The van der Waals surface area contributed by atoms with E-state index in [-0.39, 0.29) is 23.8 Å². The third-order valence-electron chi connectivity index (χ3n) is 4.37. The molecule has 1 aliphatic heterocycles. The van der Waals surface area contributed by atoms with Gasteiger partial charge < -0.3 is 10.0 Å². The van der Waals surface area contributed by atoms with Crippen LogP contribution in [0, 0.1) is 0 Å². The van der Waals surface area contributed by atoms with Crippen molar-refractivity contribution in [3.63, 3.8) is 0 Å². The lowest BCUT2D eigenvalue weighted by atomic mass is 10.1. The molecule has 142 valence electrons. The largest absolute Gasteiger partial charge is 0.481 e. The molecule has 0 radical (unpaired) electrons. The molecule has 0 aliphatic carbocycles. The van der Waals surface area contributed by atoms with Crippen LogP contribution in [0.25, 0.3) is 0 Å². The molecule has 7 nitrogen and oxygen atoms in total. The van der Waals surface area contributed by atoms with E-state index in [0.29, 0.717) is 29.8 Å². The summed E-state index contributed by atoms with van der Waals surface area (Å²) in [7, 11) is -3.62. The van der Waals surface area contributed by atoms with Crippen molar-refractivity contribution >= 4 is 27.6 Å². The highest BCUT2D eigenvalue weighted by atomic mass is 32.2. The molecule has 0 saturated carbocycles. The Hall–Kier alpha value is -2.71. The molecule has 0 unspecified atom stereocenters. The van der Waals surface area contributed by atoms with Crippen LogP contribution in [0.5, 0.6) is 0 Å². The van der Waals surface area contributed by atoms with Gasteiger partial charge >= 0.3 is 5.97 Å². The normalized spacial score (nSPS) is 13.4. The van der Waals surface area contributed by atoms with Gasteiger partial charge in [0.2, 0.25) is 10.0 Å². The van der Waals surface area contributed by atoms with Gasteiger partial charge in [-0.15, -0.1) is 0 Å². The van der Waals surface area contributed by atoms with E-state index in [2.05, 4.69) is 4.72 Å². The van der Waals surface area contributed by atoms with E-state index in [1.54, 1.807) is 42.2 Å². The van der Waals surface area contributed by atoms with Gasteiger partial charge in [0, 0.05) is 24.3 Å². The number of hydrogen-bond acceptors (Lipinski definition) is 4. The van der Waals surface area contributed by atoms with E-state index in [1.807, 2.05) is 0 Å². The molecule has 2 aromatic carbocycles. The second-order valence-corrected chi connectivity index (χ2v) is 8.04. The predicted molar refractivity (Wildman–Crippen MR) is 100 cm³/mol. The van der Waals surface area contributed by atoms with Gasteiger partial charge in [0.1, 0.15) is 0 Å². The molecule has 2 N–H and O–H groups in total. The van der Waals surface area contributed by atoms with Crippen molar-refractivity contribution in [1.82, 2.24) is 4.72 Å². The van der Waals surface area contributed by atoms with Crippen molar-refractivity contribution in [3.05, 3.63) is 59.2 Å². The number of fused-ring (bicyclic) bond motifs is 1. The summed E-state index contributed by atoms with van der Waals surface area (Å²) in [4.78, 5) is 25.5. The summed E-state index contributed by atoms with van der Waals surface area (Å²) in [5.41, 5.74) is 2.39. The van der Waals surface area contributed by atoms with Crippen LogP contribution in [0.2, 0.25) is 0 Å². The lowest BCUT2D eigenvalue weighted by Gasteiger charge is -2.18. The number of carboxylic acids is 1. The standard InChI is InChI=1S/C19H20N2O5S/c1-2-20-27(25,26)16-7-6-14-8-9-21(17(14)12-16)19(24)15-5-3-4-13(10-15)11-18(22)23/h3-7,10,12,20H,2,8-9,11H2,1H3,(H,22,23). The zero-order valence-corrected chi connectivity index (χ0v) is 15.6. The number of carbonyl (C=O) groups excluding carboxylic acids is 1. The number of sulfonamides is 1. The van der Waals surface area contributed by atoms with Gasteiger partial charge in [-0.25, -0.2) is 13.1 Å². The van der Waals surface area contributed by atoms with Crippen molar-refractivity contribution in [2.75, 3.05) is 18.0 Å². The molecule has 0 spiro atoms. The Morgan fingerprint density at radius 2 is 1.96 bits per heavy atom. The maximum Gasteiger partial charge on any atom is 0.307 e. The fraction of sp³-hybridized carbons (Fsp3) is 0.263. The Bertz CT molecular complexity index is 1000. The Labute approximate surface area is 157 Å². The number of anilines is 1. The molecule has 0 bridgehead atoms. The summed E-state index contributed by atoms with van der Waals surface area (Å²) < 4.78 is 27.0. The van der Waals surface area contributed by atoms with Crippen LogP contribution in [0.4, 0.5) is 5.69 Å². The van der Waals surface area contributed by atoms with Crippen LogP contribution in [0.1, 0.15) is 28.4 Å². The molecular formula is C19H20N2O5S. The maximum atomic E-state index is 12.9. The summed E-state index contributed by atoms with van der Waals surface area (Å²) in [5, 5.41) is 8.93. The molecule has 8 heteroatoms. The van der Waals surface area contributed by atoms with E-state index in [0.717, 1.165) is 5.56 Å². The van der Waals surface area contributed by atoms with Crippen LogP contribution >= 0.6 is 0 Å². The minimum atomic E-state index is -3.62. The van der Waals surface area contributed by atoms with E-state index < -0.39 is 16.0 Å². The van der Waals surface area contributed by atoms with E-state index in [4.69, 9.17) is 5.11 Å². The number of hydrogen-bond donors (Lipinski definition) is 2. The highest BCUT2D eigenvalue weighted by Gasteiger charge is 2.27. The SMILES string of the molecule is CCNS(=O)(=O)c1ccc2c(c1)N(C(=O)c1cccc(CC(=O)O)c1)CC2. The number of benzene rings is 2. The minimum Gasteiger partial charge on any atom is -0.481 e. The molecular weight excluding hydrogens is 368 g/mol. The highest BCUT2D eigenvalue weighted by molar-refractivity contribution is 7.89. The molecule has 0 saturated heterocycles. The molecule has 2 aromatic rings. The first-order valence-electron chi connectivity index (χ1n) is 8.57. The number of carbonyl (C=O) groups is 2. The number of amides is 1. The van der Waals surface area contributed by atoms with Crippen LogP contribution in [0.15, 0.2) is 47.4 Å². The predicted octanol–water partition coefficient (Wildman–Crippen LogP) is 1.81. The van der Waals surface area contributed by atoms with E-state index >= 15 is 0 Å². The van der Waals surface area contributed by atoms with Crippen LogP contribution in [-0.2, 0) is 27.7 Å². The van der Waals surface area contributed by atoms with Crippen molar-refractivity contribution in [3.8, 4) is 0 Å². The lowest BCUT2D eigenvalue weighted by Crippen LogP contribution is -2.29. The number of nitrogens with one attached hydrogen (secondary N) is 1. The van der Waals surface area contributed by atoms with Crippen molar-refractivity contribution in [1.29, 1.82) is 0 Å². The van der Waals surface area contributed by atoms with Gasteiger partial charge in [0.05, 0.1) is 11.3 Å². The van der Waals surface area contributed by atoms with Crippen LogP contribution in [0.3, 0.4) is 0 Å². The maximum absolute atomic E-state index is 12.9. The Morgan fingerprint density at radius 1 is 1.19 bits per heavy atom. The average molecular weight is 388 g/mol. The van der Waals surface area contributed by atoms with Crippen LogP contribution < -0.4 is 9.62 Å². The van der Waals surface area contributed by atoms with Gasteiger partial charge in [0.15, 0.2) is 0 Å². The average Bonchev–Trinajstić information content (AvgIpc) is 3.04. The topological polar surface area (TPSA) is 104 Å². The van der Waals surface area contributed by atoms with Crippen molar-refractivity contribution in [2.24, 2.45) is 0 Å². The lowest BCUT2D eigenvalue weighted by molar-refractivity contribution is -0.136. The van der Waals surface area contributed by atoms with Gasteiger partial charge in [0.25, 0.3) is 5.91 Å². The first kappa shape index (κ1) is 19.1. The minimum absolute atomic E-state index is 0.113. The summed E-state index contributed by atoms with van der Waals surface area (Å²) in [6, 6.07) is 11.3. The summed E-state index contributed by atoms with van der Waals surface area (Å²) >= 11 is 0.